The van der Waals surface area contributed by atoms with Crippen molar-refractivity contribution in [2.45, 2.75) is 69.8 Å². The van der Waals surface area contributed by atoms with Crippen LogP contribution in [0.4, 0.5) is 0 Å². The molecule has 0 radical (unpaired) electrons. The number of rotatable bonds is 16. The maximum Gasteiger partial charge on any atom is 0.212 e. The van der Waals surface area contributed by atoms with E-state index in [1.54, 1.807) is 0 Å². The van der Waals surface area contributed by atoms with E-state index in [4.69, 9.17) is 18.9 Å². The van der Waals surface area contributed by atoms with E-state index in [0.717, 1.165) is 0 Å². The molecule has 6 unspecified atom stereocenters. The van der Waals surface area contributed by atoms with Crippen LogP contribution in [-0.4, -0.2) is 105 Å². The zero-order chi connectivity index (χ0) is 21.0. The second kappa shape index (κ2) is 15.2. The summed E-state index contributed by atoms with van der Waals surface area (Å²) >= 11 is 8.02. The molecule has 164 valence electrons. The van der Waals surface area contributed by atoms with Crippen molar-refractivity contribution >= 4 is 25.3 Å². The molecule has 0 spiro atoms. The SMILES string of the molecule is CC(O)C(CS)OC(O[C@H](O)C(OCCCS)OC(CO)C(C)O)C(O)O. The summed E-state index contributed by atoms with van der Waals surface area (Å²) in [5.41, 5.74) is 0. The first-order chi connectivity index (χ1) is 12.7. The molecule has 0 aliphatic rings. The Morgan fingerprint density at radius 3 is 1.78 bits per heavy atom. The van der Waals surface area contributed by atoms with Gasteiger partial charge in [0.1, 0.15) is 6.10 Å². The van der Waals surface area contributed by atoms with Crippen LogP contribution in [0.5, 0.6) is 0 Å². The molecule has 0 rings (SSSR count). The summed E-state index contributed by atoms with van der Waals surface area (Å²) in [7, 11) is 0. The molecule has 0 fully saturated rings. The second-order valence-corrected chi connectivity index (χ2v) is 6.63. The third-order valence-electron chi connectivity index (χ3n) is 3.39. The van der Waals surface area contributed by atoms with Crippen LogP contribution in [0.1, 0.15) is 20.3 Å². The molecule has 27 heavy (non-hydrogen) atoms. The zero-order valence-corrected chi connectivity index (χ0v) is 17.2. The fraction of sp³-hybridized carbons (Fsp3) is 1.00. The molecular formula is C15H32O10S2. The third kappa shape index (κ3) is 11.2. The van der Waals surface area contributed by atoms with Crippen LogP contribution in [0.25, 0.3) is 0 Å². The molecule has 0 aromatic heterocycles. The lowest BCUT2D eigenvalue weighted by Gasteiger charge is -2.32. The summed E-state index contributed by atoms with van der Waals surface area (Å²) in [6.07, 6.45) is -10.8. The van der Waals surface area contributed by atoms with Crippen LogP contribution < -0.4 is 0 Å². The van der Waals surface area contributed by atoms with Gasteiger partial charge in [-0.2, -0.15) is 25.3 Å². The van der Waals surface area contributed by atoms with Gasteiger partial charge in [0.15, 0.2) is 0 Å². The van der Waals surface area contributed by atoms with Gasteiger partial charge in [-0.25, -0.2) is 0 Å². The van der Waals surface area contributed by atoms with E-state index in [0.29, 0.717) is 12.2 Å². The summed E-state index contributed by atoms with van der Waals surface area (Å²) in [5.74, 6) is 0.552. The zero-order valence-electron chi connectivity index (χ0n) is 15.4. The van der Waals surface area contributed by atoms with Crippen molar-refractivity contribution in [3.63, 3.8) is 0 Å². The van der Waals surface area contributed by atoms with Gasteiger partial charge in [-0.3, -0.25) is 0 Å². The van der Waals surface area contributed by atoms with Gasteiger partial charge >= 0.3 is 0 Å². The van der Waals surface area contributed by atoms with E-state index in [1.165, 1.54) is 13.8 Å². The molecule has 10 nitrogen and oxygen atoms in total. The summed E-state index contributed by atoms with van der Waals surface area (Å²) in [6.45, 7) is 2.36. The topological polar surface area (TPSA) is 158 Å². The number of aliphatic hydroxyl groups excluding tert-OH is 5. The van der Waals surface area contributed by atoms with Crippen LogP contribution in [0.3, 0.4) is 0 Å². The van der Waals surface area contributed by atoms with Crippen LogP contribution in [-0.2, 0) is 18.9 Å². The van der Waals surface area contributed by atoms with E-state index in [9.17, 15) is 30.6 Å². The standard InChI is InChI=1S/C15H32O10S2/c1-8(17)10(6-16)23-15(22-4-3-5-26)13(21)25-14(12(19)20)24-11(7-27)9(2)18/h8-21,26-27H,3-7H2,1-2H3/t8?,9?,10?,11?,13-,14?,15?/m0/s1. The normalized spacial score (nSPS) is 20.1. The van der Waals surface area contributed by atoms with Crippen molar-refractivity contribution in [1.29, 1.82) is 0 Å². The van der Waals surface area contributed by atoms with E-state index in [-0.39, 0.29) is 12.4 Å². The highest BCUT2D eigenvalue weighted by Crippen LogP contribution is 2.16. The summed E-state index contributed by atoms with van der Waals surface area (Å²) in [6, 6.07) is 0. The Morgan fingerprint density at radius 1 is 0.815 bits per heavy atom. The van der Waals surface area contributed by atoms with Crippen molar-refractivity contribution in [2.75, 3.05) is 24.7 Å². The number of thiol groups is 2. The lowest BCUT2D eigenvalue weighted by Crippen LogP contribution is -2.47. The Bertz CT molecular complexity index is 361. The highest BCUT2D eigenvalue weighted by Gasteiger charge is 2.33. The maximum atomic E-state index is 10.2. The molecule has 0 saturated carbocycles. The maximum absolute atomic E-state index is 10.2. The van der Waals surface area contributed by atoms with Crippen LogP contribution >= 0.6 is 25.3 Å². The van der Waals surface area contributed by atoms with E-state index < -0.39 is 56.2 Å². The number of ether oxygens (including phenoxy) is 4. The third-order valence-corrected chi connectivity index (χ3v) is 4.06. The predicted octanol–water partition coefficient (Wildman–Crippen LogP) is -1.93. The van der Waals surface area contributed by atoms with Gasteiger partial charge in [0.2, 0.25) is 25.2 Å². The van der Waals surface area contributed by atoms with Crippen molar-refractivity contribution < 1.29 is 49.6 Å². The first kappa shape index (κ1) is 27.3. The van der Waals surface area contributed by atoms with Gasteiger partial charge in [0.25, 0.3) is 0 Å². The lowest BCUT2D eigenvalue weighted by molar-refractivity contribution is -0.362. The van der Waals surface area contributed by atoms with E-state index in [2.05, 4.69) is 25.3 Å². The van der Waals surface area contributed by atoms with E-state index >= 15 is 0 Å². The Hall–Kier alpha value is 0.300. The van der Waals surface area contributed by atoms with Gasteiger partial charge < -0.3 is 49.6 Å². The quantitative estimate of drug-likeness (QED) is 0.0778. The van der Waals surface area contributed by atoms with Crippen molar-refractivity contribution in [3.8, 4) is 0 Å². The van der Waals surface area contributed by atoms with Gasteiger partial charge in [-0.15, -0.1) is 0 Å². The Kier molecular flexibility index (Phi) is 15.3. The highest BCUT2D eigenvalue weighted by molar-refractivity contribution is 7.80. The Balaban J connectivity index is 5.08. The van der Waals surface area contributed by atoms with Crippen LogP contribution in [0.15, 0.2) is 0 Å². The monoisotopic (exact) mass is 436 g/mol. The Labute approximate surface area is 169 Å². The molecule has 6 N–H and O–H groups in total. The first-order valence-electron chi connectivity index (χ1n) is 8.48. The summed E-state index contributed by atoms with van der Waals surface area (Å²) < 4.78 is 20.9. The second-order valence-electron chi connectivity index (χ2n) is 5.82. The van der Waals surface area contributed by atoms with Gasteiger partial charge in [-0.05, 0) is 26.0 Å². The molecule has 12 heteroatoms. The molecule has 0 aromatic carbocycles. The number of hydrogen-bond acceptors (Lipinski definition) is 12. The molecular weight excluding hydrogens is 404 g/mol. The smallest absolute Gasteiger partial charge is 0.212 e. The molecule has 0 aliphatic heterocycles. The minimum absolute atomic E-state index is 0.0489. The fourth-order valence-corrected chi connectivity index (χ4v) is 2.31. The van der Waals surface area contributed by atoms with Gasteiger partial charge in [0.05, 0.1) is 31.5 Å². The van der Waals surface area contributed by atoms with Crippen molar-refractivity contribution in [1.82, 2.24) is 0 Å². The molecule has 0 bridgehead atoms. The molecule has 0 aliphatic carbocycles. The first-order valence-corrected chi connectivity index (χ1v) is 9.75. The fourth-order valence-electron chi connectivity index (χ4n) is 1.79. The van der Waals surface area contributed by atoms with E-state index in [1.807, 2.05) is 0 Å². The minimum Gasteiger partial charge on any atom is -0.394 e. The summed E-state index contributed by atoms with van der Waals surface area (Å²) in [4.78, 5) is 0. The molecule has 0 aromatic rings. The molecule has 0 saturated heterocycles. The lowest BCUT2D eigenvalue weighted by atomic mass is 10.2. The minimum atomic E-state index is -2.15. The predicted molar refractivity (Wildman–Crippen MR) is 101 cm³/mol. The van der Waals surface area contributed by atoms with Gasteiger partial charge in [0, 0.05) is 5.75 Å². The Morgan fingerprint density at radius 2 is 1.37 bits per heavy atom. The largest absolute Gasteiger partial charge is 0.394 e. The summed E-state index contributed by atoms with van der Waals surface area (Å²) in [5, 5.41) is 57.5. The highest BCUT2D eigenvalue weighted by atomic mass is 32.1. The molecule has 7 atom stereocenters. The van der Waals surface area contributed by atoms with Crippen molar-refractivity contribution in [3.05, 3.63) is 0 Å². The van der Waals surface area contributed by atoms with Crippen LogP contribution in [0, 0.1) is 0 Å². The van der Waals surface area contributed by atoms with Crippen LogP contribution in [0.2, 0.25) is 0 Å². The van der Waals surface area contributed by atoms with Gasteiger partial charge in [-0.1, -0.05) is 0 Å². The average Bonchev–Trinajstić information content (AvgIpc) is 2.60. The molecule has 0 amide bonds. The number of hydrogen-bond donors (Lipinski definition) is 8. The van der Waals surface area contributed by atoms with Crippen molar-refractivity contribution in [2.24, 2.45) is 0 Å². The average molecular weight is 437 g/mol. The number of aliphatic hydroxyl groups is 6. The molecule has 0 heterocycles.